The Hall–Kier alpha value is -2.17. The van der Waals surface area contributed by atoms with E-state index in [2.05, 4.69) is 10.2 Å². The van der Waals surface area contributed by atoms with E-state index in [4.69, 9.17) is 4.74 Å². The predicted molar refractivity (Wildman–Crippen MR) is 54.7 cm³/mol. The van der Waals surface area contributed by atoms with Crippen molar-refractivity contribution in [3.8, 4) is 5.75 Å². The van der Waals surface area contributed by atoms with Gasteiger partial charge in [-0.1, -0.05) is 6.07 Å². The minimum absolute atomic E-state index is 0.158. The largest absolute Gasteiger partial charge is 0.422 e. The molecule has 16 heavy (non-hydrogen) atoms. The van der Waals surface area contributed by atoms with Crippen LogP contribution in [0, 0.1) is 12.7 Å². The van der Waals surface area contributed by atoms with E-state index in [0.717, 1.165) is 11.8 Å². The minimum atomic E-state index is -0.616. The monoisotopic (exact) mass is 220 g/mol. The van der Waals surface area contributed by atoms with Crippen molar-refractivity contribution in [2.24, 2.45) is 0 Å². The number of carbonyl (C=O) groups excluding carboxylic acids is 1. The summed E-state index contributed by atoms with van der Waals surface area (Å²) in [6.45, 7) is 1.77. The van der Waals surface area contributed by atoms with Crippen molar-refractivity contribution < 1.29 is 13.9 Å². The van der Waals surface area contributed by atoms with Crippen LogP contribution in [0.4, 0.5) is 4.39 Å². The first-order valence-electron chi connectivity index (χ1n) is 4.65. The van der Waals surface area contributed by atoms with E-state index in [0.29, 0.717) is 0 Å². The van der Waals surface area contributed by atoms with Crippen LogP contribution in [0.5, 0.6) is 5.75 Å². The van der Waals surface area contributed by atoms with Crippen LogP contribution in [0.2, 0.25) is 0 Å². The summed E-state index contributed by atoms with van der Waals surface area (Å²) >= 11 is 0. The maximum Gasteiger partial charge on any atom is 0.364 e. The molecule has 2 aromatic rings. The maximum atomic E-state index is 12.8. The lowest BCUT2D eigenvalue weighted by Crippen LogP contribution is -2.08. The van der Waals surface area contributed by atoms with Crippen LogP contribution >= 0.6 is 0 Å². The Kier molecular flexibility index (Phi) is 2.68. The molecule has 0 amide bonds. The molecule has 1 aromatic carbocycles. The van der Waals surface area contributed by atoms with Crippen molar-refractivity contribution in [2.75, 3.05) is 0 Å². The number of esters is 1. The summed E-state index contributed by atoms with van der Waals surface area (Å²) in [7, 11) is 0. The van der Waals surface area contributed by atoms with Crippen LogP contribution < -0.4 is 4.74 Å². The lowest BCUT2D eigenvalue weighted by molar-refractivity contribution is 0.0728. The van der Waals surface area contributed by atoms with E-state index >= 15 is 0 Å². The summed E-state index contributed by atoms with van der Waals surface area (Å²) in [4.78, 5) is 11.5. The number of H-pyrrole nitrogens is 1. The number of rotatable bonds is 2. The highest BCUT2D eigenvalue weighted by molar-refractivity contribution is 5.89. The van der Waals surface area contributed by atoms with Gasteiger partial charge in [-0.15, -0.1) is 0 Å². The second-order valence-electron chi connectivity index (χ2n) is 3.28. The molecule has 82 valence electrons. The zero-order valence-corrected chi connectivity index (χ0v) is 8.53. The lowest BCUT2D eigenvalue weighted by atomic mass is 10.3. The number of hydrogen-bond acceptors (Lipinski definition) is 3. The van der Waals surface area contributed by atoms with Gasteiger partial charge in [0.15, 0.2) is 5.69 Å². The fourth-order valence-corrected chi connectivity index (χ4v) is 1.21. The normalized spacial score (nSPS) is 10.1. The van der Waals surface area contributed by atoms with E-state index in [1.54, 1.807) is 13.0 Å². The van der Waals surface area contributed by atoms with Crippen molar-refractivity contribution in [1.82, 2.24) is 10.2 Å². The third kappa shape index (κ3) is 2.25. The molecule has 4 nitrogen and oxygen atoms in total. The Morgan fingerprint density at radius 2 is 2.25 bits per heavy atom. The molecular formula is C11H9FN2O2. The number of aromatic nitrogens is 2. The lowest BCUT2D eigenvalue weighted by Gasteiger charge is -2.01. The number of aromatic amines is 1. The van der Waals surface area contributed by atoms with Gasteiger partial charge in [0, 0.05) is 11.8 Å². The van der Waals surface area contributed by atoms with Gasteiger partial charge < -0.3 is 4.74 Å². The van der Waals surface area contributed by atoms with E-state index in [1.165, 1.54) is 18.2 Å². The average molecular weight is 220 g/mol. The molecule has 0 unspecified atom stereocenters. The fourth-order valence-electron chi connectivity index (χ4n) is 1.21. The molecule has 0 aliphatic heterocycles. The van der Waals surface area contributed by atoms with Crippen LogP contribution in [0.25, 0.3) is 0 Å². The Bertz CT molecular complexity index is 522. The Balaban J connectivity index is 2.13. The highest BCUT2D eigenvalue weighted by Gasteiger charge is 2.11. The molecule has 0 radical (unpaired) electrons. The van der Waals surface area contributed by atoms with Gasteiger partial charge >= 0.3 is 5.97 Å². The van der Waals surface area contributed by atoms with Crippen LogP contribution in [0.3, 0.4) is 0 Å². The fraction of sp³-hybridized carbons (Fsp3) is 0.0909. The molecule has 0 spiro atoms. The van der Waals surface area contributed by atoms with E-state index in [9.17, 15) is 9.18 Å². The van der Waals surface area contributed by atoms with E-state index in [-0.39, 0.29) is 11.4 Å². The van der Waals surface area contributed by atoms with Gasteiger partial charge in [-0.2, -0.15) is 5.10 Å². The molecule has 0 atom stereocenters. The molecular weight excluding hydrogens is 211 g/mol. The molecule has 0 fully saturated rings. The SMILES string of the molecule is Cc1cc(C(=O)Oc2cccc(F)c2)n[nH]1. The standard InChI is InChI=1S/C11H9FN2O2/c1-7-5-10(14-13-7)11(15)16-9-4-2-3-8(12)6-9/h2-6H,1H3,(H,13,14). The zero-order valence-electron chi connectivity index (χ0n) is 8.53. The topological polar surface area (TPSA) is 55.0 Å². The Morgan fingerprint density at radius 3 is 2.88 bits per heavy atom. The van der Waals surface area contributed by atoms with E-state index < -0.39 is 11.8 Å². The van der Waals surface area contributed by atoms with Crippen LogP contribution in [0.1, 0.15) is 16.2 Å². The van der Waals surface area contributed by atoms with Crippen molar-refractivity contribution in [3.63, 3.8) is 0 Å². The van der Waals surface area contributed by atoms with Crippen LogP contribution in [0.15, 0.2) is 30.3 Å². The maximum absolute atomic E-state index is 12.8. The van der Waals surface area contributed by atoms with Gasteiger partial charge in [-0.3, -0.25) is 5.10 Å². The third-order valence-electron chi connectivity index (χ3n) is 1.92. The molecule has 5 heteroatoms. The summed E-state index contributed by atoms with van der Waals surface area (Å²) in [5.41, 5.74) is 0.924. The highest BCUT2D eigenvalue weighted by atomic mass is 19.1. The van der Waals surface area contributed by atoms with Crippen molar-refractivity contribution in [3.05, 3.63) is 47.5 Å². The van der Waals surface area contributed by atoms with Gasteiger partial charge in [0.25, 0.3) is 0 Å². The zero-order chi connectivity index (χ0) is 11.5. The molecule has 0 bridgehead atoms. The Labute approximate surface area is 91.1 Å². The number of nitrogens with zero attached hydrogens (tertiary/aromatic N) is 1. The molecule has 1 heterocycles. The summed E-state index contributed by atoms with van der Waals surface area (Å²) in [5, 5.41) is 6.36. The number of nitrogens with one attached hydrogen (secondary N) is 1. The summed E-state index contributed by atoms with van der Waals surface area (Å²) in [6.07, 6.45) is 0. The van der Waals surface area contributed by atoms with Gasteiger partial charge in [0.1, 0.15) is 11.6 Å². The van der Waals surface area contributed by atoms with Gasteiger partial charge in [-0.25, -0.2) is 9.18 Å². The van der Waals surface area contributed by atoms with Crippen molar-refractivity contribution >= 4 is 5.97 Å². The number of benzene rings is 1. The molecule has 1 aromatic heterocycles. The molecule has 2 rings (SSSR count). The summed E-state index contributed by atoms with van der Waals surface area (Å²) < 4.78 is 17.7. The van der Waals surface area contributed by atoms with Crippen molar-refractivity contribution in [2.45, 2.75) is 6.92 Å². The summed E-state index contributed by atoms with van der Waals surface area (Å²) in [6, 6.07) is 6.93. The molecule has 0 aliphatic rings. The number of ether oxygens (including phenoxy) is 1. The average Bonchev–Trinajstić information content (AvgIpc) is 2.65. The molecule has 0 saturated heterocycles. The first-order valence-corrected chi connectivity index (χ1v) is 4.65. The number of hydrogen-bond donors (Lipinski definition) is 1. The van der Waals surface area contributed by atoms with Crippen molar-refractivity contribution in [1.29, 1.82) is 0 Å². The number of carbonyl (C=O) groups is 1. The first kappa shape index (κ1) is 10.4. The van der Waals surface area contributed by atoms with E-state index in [1.807, 2.05) is 0 Å². The molecule has 0 saturated carbocycles. The first-order chi connectivity index (χ1) is 7.65. The second kappa shape index (κ2) is 4.14. The quantitative estimate of drug-likeness (QED) is 0.622. The minimum Gasteiger partial charge on any atom is -0.422 e. The van der Waals surface area contributed by atoms with Gasteiger partial charge in [0.05, 0.1) is 0 Å². The number of halogens is 1. The predicted octanol–water partition coefficient (Wildman–Crippen LogP) is 2.08. The second-order valence-corrected chi connectivity index (χ2v) is 3.28. The molecule has 0 aliphatic carbocycles. The highest BCUT2D eigenvalue weighted by Crippen LogP contribution is 2.13. The molecule has 1 N–H and O–H groups in total. The van der Waals surface area contributed by atoms with Crippen LogP contribution in [-0.2, 0) is 0 Å². The smallest absolute Gasteiger partial charge is 0.364 e. The number of aryl methyl sites for hydroxylation is 1. The Morgan fingerprint density at radius 1 is 1.44 bits per heavy atom. The van der Waals surface area contributed by atoms with Gasteiger partial charge in [-0.05, 0) is 25.1 Å². The van der Waals surface area contributed by atoms with Gasteiger partial charge in [0.2, 0.25) is 0 Å². The van der Waals surface area contributed by atoms with Crippen LogP contribution in [-0.4, -0.2) is 16.2 Å². The third-order valence-corrected chi connectivity index (χ3v) is 1.92. The summed E-state index contributed by atoms with van der Waals surface area (Å²) in [5.74, 6) is -0.913.